The highest BCUT2D eigenvalue weighted by atomic mass is 19.3. The maximum Gasteiger partial charge on any atom is 0.277 e. The van der Waals surface area contributed by atoms with E-state index in [-0.39, 0.29) is 11.5 Å². The Balaban J connectivity index is 2.17. The minimum atomic E-state index is -3.26. The molecule has 1 atom stereocenters. The van der Waals surface area contributed by atoms with E-state index >= 15 is 0 Å². The second-order valence-electron chi connectivity index (χ2n) is 5.89. The van der Waals surface area contributed by atoms with Gasteiger partial charge in [0.25, 0.3) is 11.8 Å². The first-order chi connectivity index (χ1) is 9.73. The Morgan fingerprint density at radius 3 is 2.10 bits per heavy atom. The summed E-state index contributed by atoms with van der Waals surface area (Å²) in [6.45, 7) is 3.24. The van der Waals surface area contributed by atoms with Crippen molar-refractivity contribution in [3.05, 3.63) is 35.4 Å². The molecule has 1 aliphatic heterocycles. The van der Waals surface area contributed by atoms with Crippen molar-refractivity contribution in [1.29, 1.82) is 0 Å². The van der Waals surface area contributed by atoms with Gasteiger partial charge in [0.1, 0.15) is 5.60 Å². The first kappa shape index (κ1) is 15.9. The quantitative estimate of drug-likeness (QED) is 0.931. The van der Waals surface area contributed by atoms with Crippen LogP contribution in [-0.4, -0.2) is 34.9 Å². The van der Waals surface area contributed by atoms with Gasteiger partial charge in [-0.05, 0) is 43.9 Å². The number of benzene rings is 1. The van der Waals surface area contributed by atoms with Gasteiger partial charge in [0.2, 0.25) is 0 Å². The molecule has 1 aromatic carbocycles. The Morgan fingerprint density at radius 2 is 1.62 bits per heavy atom. The number of nitrogens with zero attached hydrogens (tertiary/aromatic N) is 1. The molecule has 1 heterocycles. The van der Waals surface area contributed by atoms with Crippen molar-refractivity contribution in [2.75, 3.05) is 13.1 Å². The fourth-order valence-corrected chi connectivity index (χ4v) is 2.47. The largest absolute Gasteiger partial charge is 0.379 e. The lowest BCUT2D eigenvalue weighted by atomic mass is 9.89. The van der Waals surface area contributed by atoms with Crippen molar-refractivity contribution in [3.63, 3.8) is 0 Å². The van der Waals surface area contributed by atoms with Crippen LogP contribution in [0.2, 0.25) is 0 Å². The molecule has 0 aliphatic carbocycles. The molecular weight excluding hydrogens is 276 g/mol. The van der Waals surface area contributed by atoms with E-state index in [2.05, 4.69) is 0 Å². The second-order valence-corrected chi connectivity index (χ2v) is 5.89. The van der Waals surface area contributed by atoms with E-state index in [9.17, 15) is 18.7 Å². The molecule has 5 heteroatoms. The zero-order valence-corrected chi connectivity index (χ0v) is 12.4. The van der Waals surface area contributed by atoms with Crippen LogP contribution in [-0.2, 0) is 5.60 Å². The smallest absolute Gasteiger partial charge is 0.277 e. The van der Waals surface area contributed by atoms with E-state index in [0.29, 0.717) is 12.5 Å². The van der Waals surface area contributed by atoms with Crippen LogP contribution < -0.4 is 0 Å². The number of carbonyl (C=O) groups is 1. The van der Waals surface area contributed by atoms with Gasteiger partial charge in [-0.2, -0.15) is 0 Å². The molecule has 1 N–H and O–H groups in total. The summed E-state index contributed by atoms with van der Waals surface area (Å²) in [5.41, 5.74) is -1.68. The molecule has 116 valence electrons. The van der Waals surface area contributed by atoms with E-state index in [1.165, 1.54) is 24.3 Å². The van der Waals surface area contributed by atoms with Crippen LogP contribution in [0.3, 0.4) is 0 Å². The normalized spacial score (nSPS) is 19.2. The Labute approximate surface area is 123 Å². The average molecular weight is 297 g/mol. The van der Waals surface area contributed by atoms with Crippen LogP contribution in [0.4, 0.5) is 8.78 Å². The standard InChI is InChI=1S/C16H21F2NO2/c1-15(21,16(2,17)18)13-8-6-12(7-9-13)14(20)19-10-4-3-5-11-19/h6-9,21H,3-5,10-11H2,1-2H3. The number of carbonyl (C=O) groups excluding carboxylic acids is 1. The number of hydrogen-bond donors (Lipinski definition) is 1. The summed E-state index contributed by atoms with van der Waals surface area (Å²) < 4.78 is 26.8. The molecule has 0 spiro atoms. The van der Waals surface area contributed by atoms with Gasteiger partial charge < -0.3 is 10.0 Å². The molecule has 1 amide bonds. The highest BCUT2D eigenvalue weighted by Gasteiger charge is 2.45. The zero-order valence-electron chi connectivity index (χ0n) is 12.4. The molecule has 1 aliphatic rings. The lowest BCUT2D eigenvalue weighted by Gasteiger charge is -2.30. The third-order valence-corrected chi connectivity index (χ3v) is 4.19. The van der Waals surface area contributed by atoms with Crippen molar-refractivity contribution >= 4 is 5.91 Å². The van der Waals surface area contributed by atoms with E-state index in [1.54, 1.807) is 4.90 Å². The van der Waals surface area contributed by atoms with Crippen molar-refractivity contribution in [3.8, 4) is 0 Å². The number of likely N-dealkylation sites (tertiary alicyclic amines) is 1. The van der Waals surface area contributed by atoms with Crippen LogP contribution >= 0.6 is 0 Å². The van der Waals surface area contributed by atoms with Gasteiger partial charge in [-0.1, -0.05) is 12.1 Å². The molecule has 0 aromatic heterocycles. The van der Waals surface area contributed by atoms with Crippen molar-refractivity contribution < 1.29 is 18.7 Å². The third-order valence-electron chi connectivity index (χ3n) is 4.19. The van der Waals surface area contributed by atoms with E-state index < -0.39 is 11.5 Å². The average Bonchev–Trinajstić information content (AvgIpc) is 2.46. The van der Waals surface area contributed by atoms with Crippen molar-refractivity contribution in [2.24, 2.45) is 0 Å². The molecule has 3 nitrogen and oxygen atoms in total. The highest BCUT2D eigenvalue weighted by Crippen LogP contribution is 2.36. The topological polar surface area (TPSA) is 40.5 Å². The van der Waals surface area contributed by atoms with Crippen LogP contribution in [0.1, 0.15) is 49.0 Å². The number of aliphatic hydroxyl groups is 1. The molecule has 1 saturated heterocycles. The Bertz CT molecular complexity index is 500. The molecule has 1 aromatic rings. The highest BCUT2D eigenvalue weighted by molar-refractivity contribution is 5.94. The van der Waals surface area contributed by atoms with Crippen LogP contribution in [0.5, 0.6) is 0 Å². The lowest BCUT2D eigenvalue weighted by Crippen LogP contribution is -2.40. The summed E-state index contributed by atoms with van der Waals surface area (Å²) >= 11 is 0. The van der Waals surface area contributed by atoms with E-state index in [4.69, 9.17) is 0 Å². The zero-order chi connectivity index (χ0) is 15.7. The fraction of sp³-hybridized carbons (Fsp3) is 0.562. The van der Waals surface area contributed by atoms with Crippen LogP contribution in [0.25, 0.3) is 0 Å². The SMILES string of the molecule is CC(F)(F)C(C)(O)c1ccc(C(=O)N2CCCCC2)cc1. The maximum absolute atomic E-state index is 13.4. The van der Waals surface area contributed by atoms with E-state index in [1.807, 2.05) is 0 Å². The van der Waals surface area contributed by atoms with Gasteiger partial charge in [0, 0.05) is 25.6 Å². The molecule has 0 bridgehead atoms. The van der Waals surface area contributed by atoms with Gasteiger partial charge >= 0.3 is 0 Å². The number of alkyl halides is 2. The van der Waals surface area contributed by atoms with E-state index in [0.717, 1.165) is 39.3 Å². The third kappa shape index (κ3) is 3.23. The summed E-state index contributed by atoms with van der Waals surface area (Å²) in [4.78, 5) is 14.1. The van der Waals surface area contributed by atoms with Crippen LogP contribution in [0, 0.1) is 0 Å². The van der Waals surface area contributed by atoms with Crippen molar-refractivity contribution in [2.45, 2.75) is 44.6 Å². The molecule has 0 radical (unpaired) electrons. The molecule has 0 saturated carbocycles. The number of hydrogen-bond acceptors (Lipinski definition) is 2. The van der Waals surface area contributed by atoms with Gasteiger partial charge in [0.15, 0.2) is 0 Å². The van der Waals surface area contributed by atoms with Gasteiger partial charge in [-0.15, -0.1) is 0 Å². The number of rotatable bonds is 3. The summed E-state index contributed by atoms with van der Waals surface area (Å²) in [5, 5.41) is 9.96. The Hall–Kier alpha value is -1.49. The van der Waals surface area contributed by atoms with Gasteiger partial charge in [0.05, 0.1) is 0 Å². The number of amides is 1. The van der Waals surface area contributed by atoms with Crippen LogP contribution in [0.15, 0.2) is 24.3 Å². The Kier molecular flexibility index (Phi) is 4.33. The van der Waals surface area contributed by atoms with Gasteiger partial charge in [-0.25, -0.2) is 8.78 Å². The monoisotopic (exact) mass is 297 g/mol. The number of halogens is 2. The number of piperidine rings is 1. The minimum Gasteiger partial charge on any atom is -0.379 e. The molecule has 21 heavy (non-hydrogen) atoms. The minimum absolute atomic E-state index is 0.0795. The Morgan fingerprint density at radius 1 is 1.10 bits per heavy atom. The molecule has 2 rings (SSSR count). The molecular formula is C16H21F2NO2. The second kappa shape index (κ2) is 5.72. The predicted octanol–water partition coefficient (Wildman–Crippen LogP) is 3.18. The van der Waals surface area contributed by atoms with Crippen molar-refractivity contribution in [1.82, 2.24) is 4.90 Å². The maximum atomic E-state index is 13.4. The molecule has 1 unspecified atom stereocenters. The summed E-state index contributed by atoms with van der Waals surface area (Å²) in [7, 11) is 0. The summed E-state index contributed by atoms with van der Waals surface area (Å²) in [5.74, 6) is -3.34. The predicted molar refractivity (Wildman–Crippen MR) is 76.4 cm³/mol. The first-order valence-corrected chi connectivity index (χ1v) is 7.23. The van der Waals surface area contributed by atoms with Gasteiger partial charge in [-0.3, -0.25) is 4.79 Å². The fourth-order valence-electron chi connectivity index (χ4n) is 2.47. The lowest BCUT2D eigenvalue weighted by molar-refractivity contribution is -0.165. The summed E-state index contributed by atoms with van der Waals surface area (Å²) in [6, 6.07) is 5.81. The summed E-state index contributed by atoms with van der Waals surface area (Å²) in [6.07, 6.45) is 3.14. The first-order valence-electron chi connectivity index (χ1n) is 7.23. The molecule has 1 fully saturated rings.